The number of hydrogen-bond donors (Lipinski definition) is 1. The van der Waals surface area contributed by atoms with Crippen LogP contribution in [0.3, 0.4) is 0 Å². The van der Waals surface area contributed by atoms with Crippen LogP contribution in [0.25, 0.3) is 0 Å². The predicted molar refractivity (Wildman–Crippen MR) is 41.9 cm³/mol. The molecule has 0 aromatic rings. The first kappa shape index (κ1) is 11.5. The molecule has 0 saturated carbocycles. The van der Waals surface area contributed by atoms with Gasteiger partial charge in [-0.15, -0.1) is 0 Å². The molecule has 1 heterocycles. The fourth-order valence-corrected chi connectivity index (χ4v) is 1.43. The Labute approximate surface area is 80.9 Å². The first-order valence-corrected chi connectivity index (χ1v) is 4.16. The molecule has 1 saturated heterocycles. The minimum Gasteiger partial charge on any atom is -0.395 e. The largest absolute Gasteiger partial charge is 0.395 e. The van der Waals surface area contributed by atoms with E-state index in [9.17, 15) is 0 Å². The van der Waals surface area contributed by atoms with Crippen LogP contribution in [-0.2, 0) is 18.6 Å². The average molecular weight is 194 g/mol. The van der Waals surface area contributed by atoms with Crippen molar-refractivity contribution >= 4 is 0 Å². The molecule has 0 aromatic carbocycles. The van der Waals surface area contributed by atoms with Gasteiger partial charge in [0.1, 0.15) is 0 Å². The van der Waals surface area contributed by atoms with Crippen LogP contribution in [0.15, 0.2) is 0 Å². The van der Waals surface area contributed by atoms with Gasteiger partial charge in [0.2, 0.25) is 0 Å². The average Bonchev–Trinajstić information content (AvgIpc) is 1.95. The molecule has 0 amide bonds. The first-order valence-electron chi connectivity index (χ1n) is 4.16. The van der Waals surface area contributed by atoms with E-state index in [0.29, 0.717) is 6.61 Å². The summed E-state index contributed by atoms with van der Waals surface area (Å²) in [7, 11) is 0. The maximum absolute atomic E-state index is 8.64. The second-order valence-corrected chi connectivity index (χ2v) is 3.25. The Morgan fingerprint density at radius 2 is 1.91 bits per heavy atom. The van der Waals surface area contributed by atoms with Gasteiger partial charge in [0.05, 0.1) is 6.61 Å². The van der Waals surface area contributed by atoms with Gasteiger partial charge in [0.25, 0.3) is 0 Å². The van der Waals surface area contributed by atoms with Gasteiger partial charge in [-0.3, -0.25) is 0 Å². The molecule has 11 heavy (non-hydrogen) atoms. The summed E-state index contributed by atoms with van der Waals surface area (Å²) in [5.41, 5.74) is 0. The smallest absolute Gasteiger partial charge is 0.0558 e. The monoisotopic (exact) mass is 194 g/mol. The van der Waals surface area contributed by atoms with Crippen molar-refractivity contribution in [3.05, 3.63) is 0 Å². The van der Waals surface area contributed by atoms with E-state index in [0.717, 1.165) is 12.5 Å². The van der Waals surface area contributed by atoms with Crippen LogP contribution >= 0.6 is 0 Å². The predicted octanol–water partition coefficient (Wildman–Crippen LogP) is 0.708. The van der Waals surface area contributed by atoms with E-state index >= 15 is 0 Å². The second kappa shape index (κ2) is 6.07. The molecule has 0 unspecified atom stereocenters. The maximum atomic E-state index is 8.64. The number of likely N-dealkylation sites (tertiary alicyclic amines) is 1. The molecule has 2 nitrogen and oxygen atoms in total. The fourth-order valence-electron chi connectivity index (χ4n) is 1.43. The van der Waals surface area contributed by atoms with Crippen molar-refractivity contribution in [2.45, 2.75) is 19.8 Å². The standard InChI is InChI=1S/C8H17NO.V/c1-8-2-4-9(5-3-8)6-7-10;/h8,10H,2-7H2,1H3;. The van der Waals surface area contributed by atoms with Crippen molar-refractivity contribution < 1.29 is 23.7 Å². The van der Waals surface area contributed by atoms with E-state index in [1.54, 1.807) is 0 Å². The maximum Gasteiger partial charge on any atom is 0.0558 e. The summed E-state index contributed by atoms with van der Waals surface area (Å²) in [4.78, 5) is 2.33. The summed E-state index contributed by atoms with van der Waals surface area (Å²) >= 11 is 0. The molecule has 0 aromatic heterocycles. The SMILES string of the molecule is CC1CCN(CCO)CC1.[V]. The van der Waals surface area contributed by atoms with Crippen molar-refractivity contribution in [1.82, 2.24) is 4.90 Å². The Balaban J connectivity index is 0.000001000. The number of hydrogen-bond acceptors (Lipinski definition) is 2. The zero-order chi connectivity index (χ0) is 7.40. The van der Waals surface area contributed by atoms with Crippen LogP contribution in [0.4, 0.5) is 0 Å². The van der Waals surface area contributed by atoms with Crippen LogP contribution in [0.5, 0.6) is 0 Å². The molecule has 1 fully saturated rings. The molecule has 3 heteroatoms. The molecule has 65 valence electrons. The van der Waals surface area contributed by atoms with Crippen molar-refractivity contribution in [3.63, 3.8) is 0 Å². The third kappa shape index (κ3) is 4.17. The molecule has 1 aliphatic rings. The Morgan fingerprint density at radius 1 is 1.36 bits per heavy atom. The number of rotatable bonds is 2. The van der Waals surface area contributed by atoms with Crippen molar-refractivity contribution in [2.24, 2.45) is 5.92 Å². The number of nitrogens with zero attached hydrogens (tertiary/aromatic N) is 1. The van der Waals surface area contributed by atoms with Gasteiger partial charge in [-0.05, 0) is 31.8 Å². The zero-order valence-electron chi connectivity index (χ0n) is 7.16. The Morgan fingerprint density at radius 3 is 2.36 bits per heavy atom. The number of aliphatic hydroxyl groups excluding tert-OH is 1. The summed E-state index contributed by atoms with van der Waals surface area (Å²) in [6, 6.07) is 0. The molecule has 1 aliphatic heterocycles. The third-order valence-corrected chi connectivity index (χ3v) is 2.29. The van der Waals surface area contributed by atoms with Gasteiger partial charge >= 0.3 is 0 Å². The topological polar surface area (TPSA) is 23.5 Å². The van der Waals surface area contributed by atoms with Crippen LogP contribution < -0.4 is 0 Å². The first-order chi connectivity index (χ1) is 4.83. The van der Waals surface area contributed by atoms with Crippen molar-refractivity contribution in [2.75, 3.05) is 26.2 Å². The van der Waals surface area contributed by atoms with Gasteiger partial charge in [-0.2, -0.15) is 0 Å². The molecule has 1 rings (SSSR count). The van der Waals surface area contributed by atoms with Gasteiger partial charge in [-0.25, -0.2) is 0 Å². The summed E-state index contributed by atoms with van der Waals surface area (Å²) < 4.78 is 0. The van der Waals surface area contributed by atoms with Crippen LogP contribution in [0, 0.1) is 5.92 Å². The van der Waals surface area contributed by atoms with E-state index in [1.807, 2.05) is 0 Å². The summed E-state index contributed by atoms with van der Waals surface area (Å²) in [5, 5.41) is 8.64. The molecule has 1 radical (unpaired) electrons. The van der Waals surface area contributed by atoms with Crippen LogP contribution in [-0.4, -0.2) is 36.2 Å². The number of piperidine rings is 1. The quantitative estimate of drug-likeness (QED) is 0.699. The summed E-state index contributed by atoms with van der Waals surface area (Å²) in [6.07, 6.45) is 2.61. The molecular formula is C8H17NOV. The molecular weight excluding hydrogens is 177 g/mol. The Kier molecular flexibility index (Phi) is 6.35. The molecule has 0 atom stereocenters. The van der Waals surface area contributed by atoms with Gasteiger partial charge in [0, 0.05) is 25.1 Å². The van der Waals surface area contributed by atoms with Gasteiger partial charge in [-0.1, -0.05) is 6.92 Å². The van der Waals surface area contributed by atoms with Crippen LogP contribution in [0.2, 0.25) is 0 Å². The number of β-amino-alcohol motifs (C(OH)–C–C–N with tert-alkyl or cyclic N) is 1. The van der Waals surface area contributed by atoms with Gasteiger partial charge < -0.3 is 10.0 Å². The minimum atomic E-state index is 0. The van der Waals surface area contributed by atoms with E-state index in [1.165, 1.54) is 25.9 Å². The Hall–Kier alpha value is 0.504. The third-order valence-electron chi connectivity index (χ3n) is 2.29. The summed E-state index contributed by atoms with van der Waals surface area (Å²) in [6.45, 7) is 5.85. The minimum absolute atomic E-state index is 0. The van der Waals surface area contributed by atoms with E-state index < -0.39 is 0 Å². The van der Waals surface area contributed by atoms with Crippen LogP contribution in [0.1, 0.15) is 19.8 Å². The summed E-state index contributed by atoms with van der Waals surface area (Å²) in [5.74, 6) is 0.898. The second-order valence-electron chi connectivity index (χ2n) is 3.25. The van der Waals surface area contributed by atoms with E-state index in [4.69, 9.17) is 5.11 Å². The molecule has 0 bridgehead atoms. The van der Waals surface area contributed by atoms with Crippen molar-refractivity contribution in [1.29, 1.82) is 0 Å². The zero-order valence-corrected chi connectivity index (χ0v) is 8.56. The Bertz CT molecular complexity index is 92.1. The number of aliphatic hydroxyl groups is 1. The fraction of sp³-hybridized carbons (Fsp3) is 1.00. The van der Waals surface area contributed by atoms with Gasteiger partial charge in [0.15, 0.2) is 0 Å². The normalized spacial score (nSPS) is 21.3. The van der Waals surface area contributed by atoms with E-state index in [2.05, 4.69) is 11.8 Å². The molecule has 1 N–H and O–H groups in total. The van der Waals surface area contributed by atoms with Crippen molar-refractivity contribution in [3.8, 4) is 0 Å². The molecule has 0 aliphatic carbocycles. The van der Waals surface area contributed by atoms with E-state index in [-0.39, 0.29) is 18.6 Å². The molecule has 0 spiro atoms.